The van der Waals surface area contributed by atoms with Crippen LogP contribution in [0.5, 0.6) is 0 Å². The number of amides is 2. The summed E-state index contributed by atoms with van der Waals surface area (Å²) < 4.78 is 5.42. The van der Waals surface area contributed by atoms with Crippen LogP contribution in [0, 0.1) is 0 Å². The van der Waals surface area contributed by atoms with Gasteiger partial charge in [0.25, 0.3) is 5.91 Å². The third-order valence-corrected chi connectivity index (χ3v) is 5.85. The van der Waals surface area contributed by atoms with E-state index < -0.39 is 5.60 Å². The number of fused-ring (bicyclic) bond motifs is 1. The smallest absolute Gasteiger partial charge is 0.254 e. The Morgan fingerprint density at radius 1 is 1.21 bits per heavy atom. The maximum Gasteiger partial charge on any atom is 0.254 e. The molecular weight excluding hydrogens is 358 g/mol. The van der Waals surface area contributed by atoms with Gasteiger partial charge in [-0.1, -0.05) is 0 Å². The molecule has 3 heterocycles. The molecule has 2 aliphatic heterocycles. The third-order valence-electron chi connectivity index (χ3n) is 5.85. The number of anilines is 1. The fourth-order valence-electron chi connectivity index (χ4n) is 3.93. The van der Waals surface area contributed by atoms with E-state index in [9.17, 15) is 9.59 Å². The number of carbonyl (C=O) groups excluding carboxylic acids is 2. The normalized spacial score (nSPS) is 20.0. The van der Waals surface area contributed by atoms with Crippen LogP contribution in [-0.2, 0) is 27.3 Å². The molecule has 1 aromatic heterocycles. The largest absolute Gasteiger partial charge is 0.373 e. The van der Waals surface area contributed by atoms with Crippen LogP contribution >= 0.6 is 0 Å². The summed E-state index contributed by atoms with van der Waals surface area (Å²) in [5, 5.41) is 3.16. The minimum atomic E-state index is -0.877. The van der Waals surface area contributed by atoms with Crippen molar-refractivity contribution in [2.45, 2.75) is 64.6 Å². The predicted molar refractivity (Wildman–Crippen MR) is 106 cm³/mol. The number of nitrogens with one attached hydrogen (secondary N) is 1. The van der Waals surface area contributed by atoms with Crippen molar-refractivity contribution in [2.24, 2.45) is 0 Å². The standard InChI is InChI=1S/C20H31N5O3/c1-13(26)24-11-9-15-14(12-24)17(21-4)23-18(22-15)16-8-6-7-10-25(16)19(27)20(2,3)28-5/h16H,6-12H2,1-5H3,(H,21,22,23)/t16-/m0/s1. The highest BCUT2D eigenvalue weighted by atomic mass is 16.5. The maximum atomic E-state index is 13.1. The van der Waals surface area contributed by atoms with E-state index in [0.717, 1.165) is 36.3 Å². The fraction of sp³-hybridized carbons (Fsp3) is 0.700. The number of carbonyl (C=O) groups is 2. The molecule has 1 aromatic rings. The molecule has 0 radical (unpaired) electrons. The molecule has 8 nitrogen and oxygen atoms in total. The summed E-state index contributed by atoms with van der Waals surface area (Å²) in [7, 11) is 3.39. The molecule has 154 valence electrons. The van der Waals surface area contributed by atoms with Crippen LogP contribution in [-0.4, -0.2) is 64.4 Å². The van der Waals surface area contributed by atoms with Gasteiger partial charge in [-0.15, -0.1) is 0 Å². The Morgan fingerprint density at radius 2 is 1.96 bits per heavy atom. The van der Waals surface area contributed by atoms with Crippen molar-refractivity contribution in [3.05, 3.63) is 17.1 Å². The molecule has 3 rings (SSSR count). The van der Waals surface area contributed by atoms with E-state index >= 15 is 0 Å². The van der Waals surface area contributed by atoms with Gasteiger partial charge in [0.15, 0.2) is 5.82 Å². The van der Waals surface area contributed by atoms with E-state index in [0.29, 0.717) is 31.9 Å². The van der Waals surface area contributed by atoms with Crippen LogP contribution in [0.1, 0.15) is 63.2 Å². The second-order valence-electron chi connectivity index (χ2n) is 8.02. The monoisotopic (exact) mass is 389 g/mol. The van der Waals surface area contributed by atoms with Gasteiger partial charge in [-0.05, 0) is 33.1 Å². The second kappa shape index (κ2) is 8.03. The fourth-order valence-corrected chi connectivity index (χ4v) is 3.93. The molecule has 28 heavy (non-hydrogen) atoms. The molecular formula is C20H31N5O3. The first kappa shape index (κ1) is 20.5. The predicted octanol–water partition coefficient (Wildman–Crippen LogP) is 1.90. The molecule has 1 fully saturated rings. The van der Waals surface area contributed by atoms with Gasteiger partial charge < -0.3 is 19.9 Å². The number of nitrogens with zero attached hydrogens (tertiary/aromatic N) is 4. The average Bonchev–Trinajstić information content (AvgIpc) is 2.71. The molecule has 0 aliphatic carbocycles. The number of aromatic nitrogens is 2. The SMILES string of the molecule is CNc1nc([C@@H]2CCCCN2C(=O)C(C)(C)OC)nc2c1CN(C(C)=O)CC2. The molecule has 2 amide bonds. The summed E-state index contributed by atoms with van der Waals surface area (Å²) in [6, 6.07) is -0.154. The summed E-state index contributed by atoms with van der Waals surface area (Å²) in [5.74, 6) is 1.45. The van der Waals surface area contributed by atoms with Gasteiger partial charge in [-0.3, -0.25) is 9.59 Å². The average molecular weight is 390 g/mol. The zero-order valence-electron chi connectivity index (χ0n) is 17.5. The first-order valence-corrected chi connectivity index (χ1v) is 9.97. The van der Waals surface area contributed by atoms with Crippen LogP contribution < -0.4 is 5.32 Å². The number of rotatable bonds is 4. The minimum Gasteiger partial charge on any atom is -0.373 e. The van der Waals surface area contributed by atoms with E-state index in [4.69, 9.17) is 14.7 Å². The van der Waals surface area contributed by atoms with E-state index in [1.54, 1.807) is 27.9 Å². The van der Waals surface area contributed by atoms with Gasteiger partial charge in [0, 0.05) is 46.2 Å². The van der Waals surface area contributed by atoms with Crippen molar-refractivity contribution in [2.75, 3.05) is 32.6 Å². The molecule has 0 spiro atoms. The highest BCUT2D eigenvalue weighted by Gasteiger charge is 2.39. The second-order valence-corrected chi connectivity index (χ2v) is 8.02. The van der Waals surface area contributed by atoms with Crippen molar-refractivity contribution in [3.63, 3.8) is 0 Å². The van der Waals surface area contributed by atoms with Crippen molar-refractivity contribution in [1.29, 1.82) is 0 Å². The first-order valence-electron chi connectivity index (χ1n) is 9.97. The van der Waals surface area contributed by atoms with Crippen molar-refractivity contribution < 1.29 is 14.3 Å². The summed E-state index contributed by atoms with van der Waals surface area (Å²) in [4.78, 5) is 38.2. The zero-order valence-corrected chi connectivity index (χ0v) is 17.5. The Kier molecular flexibility index (Phi) is 5.88. The molecule has 1 saturated heterocycles. The van der Waals surface area contributed by atoms with Crippen molar-refractivity contribution in [3.8, 4) is 0 Å². The summed E-state index contributed by atoms with van der Waals surface area (Å²) in [6.45, 7) is 7.04. The Morgan fingerprint density at radius 3 is 2.61 bits per heavy atom. The Balaban J connectivity index is 1.96. The van der Waals surface area contributed by atoms with Gasteiger partial charge in [0.05, 0.1) is 18.3 Å². The van der Waals surface area contributed by atoms with Gasteiger partial charge in [0.1, 0.15) is 11.4 Å². The molecule has 1 N–H and O–H groups in total. The summed E-state index contributed by atoms with van der Waals surface area (Å²) >= 11 is 0. The van der Waals surface area contributed by atoms with Gasteiger partial charge >= 0.3 is 0 Å². The van der Waals surface area contributed by atoms with Gasteiger partial charge in [0.2, 0.25) is 5.91 Å². The Bertz CT molecular complexity index is 747. The minimum absolute atomic E-state index is 0.0326. The lowest BCUT2D eigenvalue weighted by molar-refractivity contribution is -0.155. The number of hydrogen-bond donors (Lipinski definition) is 1. The lowest BCUT2D eigenvalue weighted by Gasteiger charge is -2.39. The van der Waals surface area contributed by atoms with Crippen LogP contribution in [0.3, 0.4) is 0 Å². The number of likely N-dealkylation sites (tertiary alicyclic amines) is 1. The van der Waals surface area contributed by atoms with Crippen LogP contribution in [0.2, 0.25) is 0 Å². The first-order chi connectivity index (χ1) is 13.3. The molecule has 2 aliphatic rings. The highest BCUT2D eigenvalue weighted by Crippen LogP contribution is 2.34. The number of methoxy groups -OCH3 is 1. The molecule has 8 heteroatoms. The number of ether oxygens (including phenoxy) is 1. The molecule has 0 unspecified atom stereocenters. The number of piperidine rings is 1. The highest BCUT2D eigenvalue weighted by molar-refractivity contribution is 5.84. The maximum absolute atomic E-state index is 13.1. The Labute approximate surface area is 166 Å². The molecule has 0 saturated carbocycles. The lowest BCUT2D eigenvalue weighted by Crippen LogP contribution is -2.50. The van der Waals surface area contributed by atoms with Crippen molar-refractivity contribution >= 4 is 17.6 Å². The summed E-state index contributed by atoms with van der Waals surface area (Å²) in [6.07, 6.45) is 3.55. The van der Waals surface area contributed by atoms with E-state index in [2.05, 4.69) is 5.32 Å². The van der Waals surface area contributed by atoms with Gasteiger partial charge in [-0.2, -0.15) is 0 Å². The van der Waals surface area contributed by atoms with E-state index in [1.165, 1.54) is 0 Å². The Hall–Kier alpha value is -2.22. The van der Waals surface area contributed by atoms with Gasteiger partial charge in [-0.25, -0.2) is 9.97 Å². The van der Waals surface area contributed by atoms with Crippen LogP contribution in [0.25, 0.3) is 0 Å². The van der Waals surface area contributed by atoms with Crippen molar-refractivity contribution in [1.82, 2.24) is 19.8 Å². The van der Waals surface area contributed by atoms with E-state index in [-0.39, 0.29) is 17.9 Å². The molecule has 1 atom stereocenters. The summed E-state index contributed by atoms with van der Waals surface area (Å²) in [5.41, 5.74) is 1.06. The molecule has 0 aromatic carbocycles. The van der Waals surface area contributed by atoms with Crippen LogP contribution in [0.15, 0.2) is 0 Å². The quantitative estimate of drug-likeness (QED) is 0.846. The lowest BCUT2D eigenvalue weighted by atomic mass is 9.97. The zero-order chi connectivity index (χ0) is 20.5. The van der Waals surface area contributed by atoms with E-state index in [1.807, 2.05) is 16.8 Å². The molecule has 0 bridgehead atoms. The third kappa shape index (κ3) is 3.83. The number of hydrogen-bond acceptors (Lipinski definition) is 6. The van der Waals surface area contributed by atoms with Crippen LogP contribution in [0.4, 0.5) is 5.82 Å². The topological polar surface area (TPSA) is 87.7 Å².